The third kappa shape index (κ3) is 3.18. The van der Waals surface area contributed by atoms with E-state index in [0.29, 0.717) is 22.8 Å². The average Bonchev–Trinajstić information content (AvgIpc) is 3.13. The molecule has 0 aliphatic heterocycles. The molecular formula is C19H17N3O3S. The summed E-state index contributed by atoms with van der Waals surface area (Å²) >= 11 is 1.43. The standard InChI is InChI=1S/C19H17N3O3S/c23-17-9-8-12-4-1-2-7-15(12)18(17)21-19-20-16(11-26-19)13-5-3-6-14(10-13)22(24)25/h1-7,10-11,17-18,23H,8-9H2,(H,20,21). The van der Waals surface area contributed by atoms with E-state index < -0.39 is 11.0 Å². The zero-order valence-electron chi connectivity index (χ0n) is 13.8. The van der Waals surface area contributed by atoms with Crippen LogP contribution in [0.15, 0.2) is 53.9 Å². The number of hydrogen-bond acceptors (Lipinski definition) is 6. The van der Waals surface area contributed by atoms with Crippen molar-refractivity contribution in [3.05, 3.63) is 75.2 Å². The largest absolute Gasteiger partial charge is 0.391 e. The number of aryl methyl sites for hydroxylation is 1. The van der Waals surface area contributed by atoms with Gasteiger partial charge in [0.15, 0.2) is 5.13 Å². The lowest BCUT2D eigenvalue weighted by Gasteiger charge is -2.30. The lowest BCUT2D eigenvalue weighted by Crippen LogP contribution is -2.30. The summed E-state index contributed by atoms with van der Waals surface area (Å²) in [5.74, 6) is 0. The summed E-state index contributed by atoms with van der Waals surface area (Å²) < 4.78 is 0. The number of hydrogen-bond donors (Lipinski definition) is 2. The van der Waals surface area contributed by atoms with Crippen LogP contribution in [-0.4, -0.2) is 21.1 Å². The maximum Gasteiger partial charge on any atom is 0.270 e. The fourth-order valence-corrected chi connectivity index (χ4v) is 4.06. The highest BCUT2D eigenvalue weighted by Crippen LogP contribution is 2.35. The number of thiazole rings is 1. The van der Waals surface area contributed by atoms with Crippen LogP contribution in [0.5, 0.6) is 0 Å². The Balaban J connectivity index is 1.60. The van der Waals surface area contributed by atoms with Crippen molar-refractivity contribution in [1.82, 2.24) is 4.98 Å². The van der Waals surface area contributed by atoms with Gasteiger partial charge < -0.3 is 10.4 Å². The number of nitro benzene ring substituents is 1. The fraction of sp³-hybridized carbons (Fsp3) is 0.211. The van der Waals surface area contributed by atoms with Crippen LogP contribution in [0.25, 0.3) is 11.3 Å². The second-order valence-electron chi connectivity index (χ2n) is 6.27. The van der Waals surface area contributed by atoms with Gasteiger partial charge in [0, 0.05) is 23.1 Å². The first-order valence-corrected chi connectivity index (χ1v) is 9.22. The number of anilines is 1. The summed E-state index contributed by atoms with van der Waals surface area (Å²) in [5.41, 5.74) is 3.76. The molecule has 132 valence electrons. The second kappa shape index (κ2) is 6.86. The number of nitrogens with one attached hydrogen (secondary N) is 1. The zero-order valence-corrected chi connectivity index (χ0v) is 14.6. The SMILES string of the molecule is O=[N+]([O-])c1cccc(-c2csc(NC3c4ccccc4CCC3O)n2)c1. The Morgan fingerprint density at radius 3 is 2.92 bits per heavy atom. The summed E-state index contributed by atoms with van der Waals surface area (Å²) in [6, 6.07) is 14.3. The molecular weight excluding hydrogens is 350 g/mol. The van der Waals surface area contributed by atoms with Crippen molar-refractivity contribution in [3.63, 3.8) is 0 Å². The third-order valence-corrected chi connectivity index (χ3v) is 5.39. The first-order chi connectivity index (χ1) is 12.6. The molecule has 2 N–H and O–H groups in total. The predicted octanol–water partition coefficient (Wildman–Crippen LogP) is 4.18. The van der Waals surface area contributed by atoms with Gasteiger partial charge in [-0.15, -0.1) is 11.3 Å². The van der Waals surface area contributed by atoms with Gasteiger partial charge in [-0.3, -0.25) is 10.1 Å². The Kier molecular flexibility index (Phi) is 4.40. The number of rotatable bonds is 4. The molecule has 6 nitrogen and oxygen atoms in total. The quantitative estimate of drug-likeness (QED) is 0.533. The maximum atomic E-state index is 11.0. The van der Waals surface area contributed by atoms with Crippen LogP contribution >= 0.6 is 11.3 Å². The number of fused-ring (bicyclic) bond motifs is 1. The van der Waals surface area contributed by atoms with Crippen LogP contribution in [0.1, 0.15) is 23.6 Å². The predicted molar refractivity (Wildman–Crippen MR) is 101 cm³/mol. The van der Waals surface area contributed by atoms with Gasteiger partial charge in [0.1, 0.15) is 0 Å². The van der Waals surface area contributed by atoms with E-state index in [0.717, 1.165) is 12.0 Å². The topological polar surface area (TPSA) is 88.3 Å². The molecule has 1 heterocycles. The third-order valence-electron chi connectivity index (χ3n) is 4.62. The van der Waals surface area contributed by atoms with Gasteiger partial charge in [-0.1, -0.05) is 36.4 Å². The summed E-state index contributed by atoms with van der Waals surface area (Å²) in [6.07, 6.45) is 1.10. The second-order valence-corrected chi connectivity index (χ2v) is 7.13. The molecule has 0 bridgehead atoms. The van der Waals surface area contributed by atoms with Crippen LogP contribution in [0, 0.1) is 10.1 Å². The number of benzene rings is 2. The highest BCUT2D eigenvalue weighted by Gasteiger charge is 2.28. The molecule has 0 saturated carbocycles. The highest BCUT2D eigenvalue weighted by atomic mass is 32.1. The summed E-state index contributed by atoms with van der Waals surface area (Å²) in [5, 5.41) is 27.3. The molecule has 1 aliphatic rings. The number of aliphatic hydroxyl groups excluding tert-OH is 1. The van der Waals surface area contributed by atoms with Crippen molar-refractivity contribution < 1.29 is 10.0 Å². The Bertz CT molecular complexity index is 956. The van der Waals surface area contributed by atoms with Crippen molar-refractivity contribution in [1.29, 1.82) is 0 Å². The van der Waals surface area contributed by atoms with Gasteiger partial charge in [-0.25, -0.2) is 4.98 Å². The van der Waals surface area contributed by atoms with Gasteiger partial charge in [0.2, 0.25) is 0 Å². The minimum Gasteiger partial charge on any atom is -0.391 e. The first kappa shape index (κ1) is 16.7. The number of aliphatic hydroxyl groups is 1. The Hall–Kier alpha value is -2.77. The normalized spacial score (nSPS) is 19.0. The Morgan fingerprint density at radius 1 is 1.23 bits per heavy atom. The van der Waals surface area contributed by atoms with E-state index in [1.165, 1.54) is 29.0 Å². The molecule has 2 atom stereocenters. The monoisotopic (exact) mass is 367 g/mol. The number of non-ortho nitro benzene ring substituents is 1. The minimum absolute atomic E-state index is 0.0432. The number of aromatic nitrogens is 1. The molecule has 0 fully saturated rings. The molecule has 0 radical (unpaired) electrons. The lowest BCUT2D eigenvalue weighted by atomic mass is 9.86. The smallest absolute Gasteiger partial charge is 0.270 e. The first-order valence-electron chi connectivity index (χ1n) is 8.34. The number of nitrogens with zero attached hydrogens (tertiary/aromatic N) is 2. The molecule has 1 aliphatic carbocycles. The van der Waals surface area contributed by atoms with Crippen molar-refractivity contribution in [2.24, 2.45) is 0 Å². The van der Waals surface area contributed by atoms with Crippen LogP contribution in [0.2, 0.25) is 0 Å². The van der Waals surface area contributed by atoms with Crippen molar-refractivity contribution >= 4 is 22.2 Å². The molecule has 0 saturated heterocycles. The van der Waals surface area contributed by atoms with Gasteiger partial charge >= 0.3 is 0 Å². The van der Waals surface area contributed by atoms with E-state index in [4.69, 9.17) is 0 Å². The van der Waals surface area contributed by atoms with Crippen molar-refractivity contribution in [2.45, 2.75) is 25.0 Å². The molecule has 2 unspecified atom stereocenters. The van der Waals surface area contributed by atoms with Gasteiger partial charge in [-0.05, 0) is 24.0 Å². The molecule has 3 aromatic rings. The number of nitro groups is 1. The van der Waals surface area contributed by atoms with E-state index >= 15 is 0 Å². The lowest BCUT2D eigenvalue weighted by molar-refractivity contribution is -0.384. The Morgan fingerprint density at radius 2 is 2.08 bits per heavy atom. The van der Waals surface area contributed by atoms with E-state index in [9.17, 15) is 15.2 Å². The van der Waals surface area contributed by atoms with Crippen molar-refractivity contribution in [2.75, 3.05) is 5.32 Å². The fourth-order valence-electron chi connectivity index (χ4n) is 3.30. The summed E-state index contributed by atoms with van der Waals surface area (Å²) in [6.45, 7) is 0. The van der Waals surface area contributed by atoms with Crippen LogP contribution in [0.4, 0.5) is 10.8 Å². The van der Waals surface area contributed by atoms with Gasteiger partial charge in [-0.2, -0.15) is 0 Å². The van der Waals surface area contributed by atoms with E-state index in [2.05, 4.69) is 16.4 Å². The molecule has 0 spiro atoms. The van der Waals surface area contributed by atoms with E-state index in [1.54, 1.807) is 12.1 Å². The van der Waals surface area contributed by atoms with Crippen LogP contribution < -0.4 is 5.32 Å². The van der Waals surface area contributed by atoms with Crippen LogP contribution in [0.3, 0.4) is 0 Å². The Labute approximate surface area is 154 Å². The zero-order chi connectivity index (χ0) is 18.1. The van der Waals surface area contributed by atoms with Crippen molar-refractivity contribution in [3.8, 4) is 11.3 Å². The van der Waals surface area contributed by atoms with E-state index in [1.807, 2.05) is 23.6 Å². The van der Waals surface area contributed by atoms with Gasteiger partial charge in [0.25, 0.3) is 5.69 Å². The highest BCUT2D eigenvalue weighted by molar-refractivity contribution is 7.14. The molecule has 4 rings (SSSR count). The maximum absolute atomic E-state index is 11.0. The van der Waals surface area contributed by atoms with Crippen LogP contribution in [-0.2, 0) is 6.42 Å². The molecule has 1 aromatic heterocycles. The molecule has 0 amide bonds. The molecule has 2 aromatic carbocycles. The van der Waals surface area contributed by atoms with Gasteiger partial charge in [0.05, 0.1) is 22.8 Å². The molecule has 26 heavy (non-hydrogen) atoms. The average molecular weight is 367 g/mol. The minimum atomic E-state index is -0.477. The van der Waals surface area contributed by atoms with E-state index in [-0.39, 0.29) is 11.7 Å². The molecule has 7 heteroatoms. The summed E-state index contributed by atoms with van der Waals surface area (Å²) in [7, 11) is 0. The summed E-state index contributed by atoms with van der Waals surface area (Å²) in [4.78, 5) is 15.1.